The second-order valence-electron chi connectivity index (χ2n) is 5.55. The molecule has 0 aromatic heterocycles. The van der Waals surface area contributed by atoms with Crippen molar-refractivity contribution in [3.05, 3.63) is 0 Å². The average Bonchev–Trinajstić information content (AvgIpc) is 2.32. The SMILES string of the molecule is CCCCCCC[Si](F)(F)CCCCCC[Si](F)(F)F. The number of halogens is 5. The number of unbranched alkanes of at least 4 members (excludes halogenated alkanes) is 7. The van der Waals surface area contributed by atoms with Crippen LogP contribution in [0.25, 0.3) is 0 Å². The predicted molar refractivity (Wildman–Crippen MR) is 78.7 cm³/mol. The van der Waals surface area contributed by atoms with Crippen LogP contribution in [0, 0.1) is 0 Å². The molecule has 0 rings (SSSR count). The van der Waals surface area contributed by atoms with Gasteiger partial charge in [0.05, 0.1) is 0 Å². The lowest BCUT2D eigenvalue weighted by atomic mass is 10.2. The van der Waals surface area contributed by atoms with Gasteiger partial charge in [0.2, 0.25) is 0 Å². The standard InChI is InChI=1S/C13H27F5Si2/c1-2-3-4-5-8-11-19(14,15)12-9-6-7-10-13-20(16,17)18/h2-13H2,1H3. The third-order valence-electron chi connectivity index (χ3n) is 3.40. The van der Waals surface area contributed by atoms with E-state index < -0.39 is 23.9 Å². The van der Waals surface area contributed by atoms with Crippen molar-refractivity contribution in [2.75, 3.05) is 0 Å². The van der Waals surface area contributed by atoms with E-state index in [-0.39, 0.29) is 18.5 Å². The Morgan fingerprint density at radius 3 is 1.35 bits per heavy atom. The highest BCUT2D eigenvalue weighted by molar-refractivity contribution is 6.66. The van der Waals surface area contributed by atoms with E-state index in [1.54, 1.807) is 0 Å². The Kier molecular flexibility index (Phi) is 10.8. The Morgan fingerprint density at radius 1 is 0.550 bits per heavy atom. The van der Waals surface area contributed by atoms with Crippen LogP contribution in [0.5, 0.6) is 0 Å². The van der Waals surface area contributed by atoms with Gasteiger partial charge < -0.3 is 0 Å². The van der Waals surface area contributed by atoms with E-state index >= 15 is 0 Å². The molecule has 122 valence electrons. The highest BCUT2D eigenvalue weighted by Crippen LogP contribution is 2.26. The maximum atomic E-state index is 13.6. The molecule has 0 unspecified atom stereocenters. The summed E-state index contributed by atoms with van der Waals surface area (Å²) in [6.45, 7) is 2.09. The first kappa shape index (κ1) is 20.1. The summed E-state index contributed by atoms with van der Waals surface area (Å²) in [4.78, 5) is 0. The van der Waals surface area contributed by atoms with Crippen molar-refractivity contribution < 1.29 is 20.5 Å². The zero-order valence-corrected chi connectivity index (χ0v) is 14.4. The lowest BCUT2D eigenvalue weighted by Crippen LogP contribution is -2.21. The fourth-order valence-electron chi connectivity index (χ4n) is 2.17. The third kappa shape index (κ3) is 14.5. The smallest absolute Gasteiger partial charge is 0.270 e. The molecule has 0 aromatic carbocycles. The molecule has 20 heavy (non-hydrogen) atoms. The van der Waals surface area contributed by atoms with Crippen LogP contribution in [-0.4, -0.2) is 17.8 Å². The predicted octanol–water partition coefficient (Wildman–Crippen LogP) is 6.75. The molecule has 0 heterocycles. The van der Waals surface area contributed by atoms with Crippen molar-refractivity contribution in [1.82, 2.24) is 0 Å². The number of rotatable bonds is 13. The molecule has 7 heteroatoms. The Labute approximate surface area is 122 Å². The lowest BCUT2D eigenvalue weighted by Gasteiger charge is -2.12. The minimum atomic E-state index is -5.42. The van der Waals surface area contributed by atoms with Gasteiger partial charge in [-0.25, -0.2) is 12.3 Å². The molecule has 0 saturated carbocycles. The Balaban J connectivity index is 3.47. The molecule has 0 atom stereocenters. The van der Waals surface area contributed by atoms with Gasteiger partial charge in [0, 0.05) is 6.04 Å². The summed E-state index contributed by atoms with van der Waals surface area (Å²) in [7, 11) is -9.50. The molecule has 0 amide bonds. The molecule has 0 nitrogen and oxygen atoms in total. The molecule has 0 aliphatic rings. The van der Waals surface area contributed by atoms with Crippen molar-refractivity contribution >= 4 is 17.8 Å². The second-order valence-corrected chi connectivity index (χ2v) is 9.99. The molecule has 0 bridgehead atoms. The summed E-state index contributed by atoms with van der Waals surface area (Å²) in [6.07, 6.45) is 6.21. The number of hydrogen-bond acceptors (Lipinski definition) is 0. The second kappa shape index (κ2) is 10.8. The quantitative estimate of drug-likeness (QED) is 0.151. The van der Waals surface area contributed by atoms with Gasteiger partial charge >= 0.3 is 17.8 Å². The largest absolute Gasteiger partial charge is 0.616 e. The first-order valence-corrected chi connectivity index (χ1v) is 11.7. The molecule has 0 radical (unpaired) electrons. The van der Waals surface area contributed by atoms with Crippen molar-refractivity contribution in [2.24, 2.45) is 0 Å². The van der Waals surface area contributed by atoms with Crippen LogP contribution in [0.1, 0.15) is 64.7 Å². The van der Waals surface area contributed by atoms with E-state index in [1.165, 1.54) is 0 Å². The Bertz CT molecular complexity index is 231. The third-order valence-corrected chi connectivity index (χ3v) is 6.49. The minimum Gasteiger partial charge on any atom is -0.270 e. The van der Waals surface area contributed by atoms with Gasteiger partial charge in [-0.1, -0.05) is 58.3 Å². The molecule has 0 aliphatic carbocycles. The molecule has 0 saturated heterocycles. The van der Waals surface area contributed by atoms with E-state index in [4.69, 9.17) is 0 Å². The zero-order valence-electron chi connectivity index (χ0n) is 12.4. The van der Waals surface area contributed by atoms with Crippen molar-refractivity contribution in [1.29, 1.82) is 0 Å². The van der Waals surface area contributed by atoms with Gasteiger partial charge in [-0.05, 0) is 18.5 Å². The lowest BCUT2D eigenvalue weighted by molar-refractivity contribution is 0.459. The van der Waals surface area contributed by atoms with E-state index in [0.717, 1.165) is 25.7 Å². The Hall–Kier alpha value is 0.0838. The summed E-state index contributed by atoms with van der Waals surface area (Å²) in [5.74, 6) is 0. The van der Waals surface area contributed by atoms with Crippen LogP contribution < -0.4 is 0 Å². The highest BCUT2D eigenvalue weighted by Gasteiger charge is 2.35. The molecule has 0 N–H and O–H groups in total. The minimum absolute atomic E-state index is 0.0375. The molecular formula is C13H27F5Si2. The van der Waals surface area contributed by atoms with Gasteiger partial charge in [0.15, 0.2) is 0 Å². The van der Waals surface area contributed by atoms with Crippen LogP contribution in [0.4, 0.5) is 20.5 Å². The van der Waals surface area contributed by atoms with Gasteiger partial charge in [-0.2, -0.15) is 0 Å². The van der Waals surface area contributed by atoms with Crippen LogP contribution in [0.2, 0.25) is 18.1 Å². The maximum absolute atomic E-state index is 13.6. The van der Waals surface area contributed by atoms with Gasteiger partial charge in [0.25, 0.3) is 0 Å². The molecule has 0 fully saturated rings. The van der Waals surface area contributed by atoms with Crippen LogP contribution in [-0.2, 0) is 0 Å². The van der Waals surface area contributed by atoms with Gasteiger partial charge in [-0.3, -0.25) is 8.22 Å². The topological polar surface area (TPSA) is 0 Å². The summed E-state index contributed by atoms with van der Waals surface area (Å²) < 4.78 is 63.2. The maximum Gasteiger partial charge on any atom is 0.616 e. The molecule has 0 aliphatic heterocycles. The monoisotopic (exact) mass is 334 g/mol. The fourth-order valence-corrected chi connectivity index (χ4v) is 4.61. The first-order valence-electron chi connectivity index (χ1n) is 7.71. The normalized spacial score (nSPS) is 12.9. The van der Waals surface area contributed by atoms with E-state index in [9.17, 15) is 20.5 Å². The highest BCUT2D eigenvalue weighted by atomic mass is 28.5. The zero-order chi connectivity index (χ0) is 15.5. The van der Waals surface area contributed by atoms with Gasteiger partial charge in [-0.15, -0.1) is 0 Å². The van der Waals surface area contributed by atoms with Crippen LogP contribution >= 0.6 is 0 Å². The van der Waals surface area contributed by atoms with Crippen molar-refractivity contribution in [3.8, 4) is 0 Å². The van der Waals surface area contributed by atoms with E-state index in [2.05, 4.69) is 6.92 Å². The number of hydrogen-bond donors (Lipinski definition) is 0. The van der Waals surface area contributed by atoms with Crippen LogP contribution in [0.3, 0.4) is 0 Å². The summed E-state index contributed by atoms with van der Waals surface area (Å²) in [6, 6.07) is -0.630. The van der Waals surface area contributed by atoms with Crippen molar-refractivity contribution in [2.45, 2.75) is 82.8 Å². The fraction of sp³-hybridized carbons (Fsp3) is 1.00. The van der Waals surface area contributed by atoms with Crippen LogP contribution in [0.15, 0.2) is 0 Å². The molecule has 0 spiro atoms. The van der Waals surface area contributed by atoms with Gasteiger partial charge in [0.1, 0.15) is 0 Å². The summed E-state index contributed by atoms with van der Waals surface area (Å²) in [5, 5.41) is 0. The summed E-state index contributed by atoms with van der Waals surface area (Å²) in [5.41, 5.74) is 0. The first-order chi connectivity index (χ1) is 9.27. The molecule has 0 aromatic rings. The molecular weight excluding hydrogens is 307 g/mol. The van der Waals surface area contributed by atoms with E-state index in [0.29, 0.717) is 25.7 Å². The average molecular weight is 335 g/mol. The Morgan fingerprint density at radius 2 is 0.950 bits per heavy atom. The van der Waals surface area contributed by atoms with E-state index in [1.807, 2.05) is 0 Å². The van der Waals surface area contributed by atoms with Crippen molar-refractivity contribution in [3.63, 3.8) is 0 Å². The summed E-state index contributed by atoms with van der Waals surface area (Å²) >= 11 is 0.